The van der Waals surface area contributed by atoms with Crippen LogP contribution in [0.25, 0.3) is 0 Å². The first-order valence-electron chi connectivity index (χ1n) is 5.29. The number of thiophene rings is 1. The topological polar surface area (TPSA) is 42.2 Å². The van der Waals surface area contributed by atoms with Gasteiger partial charge in [0.25, 0.3) is 0 Å². The van der Waals surface area contributed by atoms with Crippen LogP contribution in [0.4, 0.5) is 0 Å². The van der Waals surface area contributed by atoms with Crippen molar-refractivity contribution in [1.29, 1.82) is 0 Å². The highest BCUT2D eigenvalue weighted by molar-refractivity contribution is 9.11. The molecule has 0 amide bonds. The van der Waals surface area contributed by atoms with Gasteiger partial charge in [0.15, 0.2) is 0 Å². The highest BCUT2D eigenvalue weighted by Crippen LogP contribution is 2.24. The van der Waals surface area contributed by atoms with E-state index in [1.54, 1.807) is 18.3 Å². The summed E-state index contributed by atoms with van der Waals surface area (Å²) in [7, 11) is 2.05. The van der Waals surface area contributed by atoms with Gasteiger partial charge in [-0.3, -0.25) is 4.90 Å². The van der Waals surface area contributed by atoms with E-state index in [2.05, 4.69) is 56.4 Å². The van der Waals surface area contributed by atoms with E-state index in [1.165, 1.54) is 5.56 Å². The minimum atomic E-state index is 0.120. The zero-order chi connectivity index (χ0) is 12.4. The summed E-state index contributed by atoms with van der Waals surface area (Å²) in [6, 6.07) is 2.25. The van der Waals surface area contributed by atoms with Crippen LogP contribution in [0, 0.1) is 6.92 Å². The Labute approximate surface area is 113 Å². The molecule has 0 aliphatic carbocycles. The van der Waals surface area contributed by atoms with Gasteiger partial charge in [0.1, 0.15) is 0 Å². The number of hydrogen-bond donors (Lipinski definition) is 0. The zero-order valence-corrected chi connectivity index (χ0v) is 12.4. The number of aromatic nitrogens is 2. The SMILES string of the molecule is Cc1nnc(C(C)N(C)Cc2csc(Br)c2)o1. The molecule has 0 fully saturated rings. The lowest BCUT2D eigenvalue weighted by Gasteiger charge is -2.20. The van der Waals surface area contributed by atoms with Gasteiger partial charge in [0, 0.05) is 13.5 Å². The van der Waals surface area contributed by atoms with E-state index < -0.39 is 0 Å². The summed E-state index contributed by atoms with van der Waals surface area (Å²) in [5.41, 5.74) is 1.28. The molecular weight excluding hydrogens is 302 g/mol. The molecule has 2 rings (SSSR count). The Morgan fingerprint density at radius 3 is 2.82 bits per heavy atom. The molecule has 0 aromatic carbocycles. The molecule has 17 heavy (non-hydrogen) atoms. The fraction of sp³-hybridized carbons (Fsp3) is 0.455. The lowest BCUT2D eigenvalue weighted by atomic mass is 10.2. The summed E-state index contributed by atoms with van der Waals surface area (Å²) in [5, 5.41) is 10.0. The number of halogens is 1. The lowest BCUT2D eigenvalue weighted by Crippen LogP contribution is -2.21. The van der Waals surface area contributed by atoms with Crippen LogP contribution < -0.4 is 0 Å². The van der Waals surface area contributed by atoms with E-state index >= 15 is 0 Å². The Bertz CT molecular complexity index is 496. The Morgan fingerprint density at radius 2 is 2.29 bits per heavy atom. The van der Waals surface area contributed by atoms with Crippen molar-refractivity contribution in [2.24, 2.45) is 0 Å². The average Bonchev–Trinajstić information content (AvgIpc) is 2.87. The quantitative estimate of drug-likeness (QED) is 0.867. The molecular formula is C11H14BrN3OS. The van der Waals surface area contributed by atoms with Crippen molar-refractivity contribution in [3.05, 3.63) is 32.6 Å². The second-order valence-electron chi connectivity index (χ2n) is 4.01. The Hall–Kier alpha value is -0.720. The monoisotopic (exact) mass is 315 g/mol. The molecule has 0 aliphatic heterocycles. The van der Waals surface area contributed by atoms with E-state index in [4.69, 9.17) is 4.42 Å². The molecule has 0 radical (unpaired) electrons. The van der Waals surface area contributed by atoms with Crippen LogP contribution in [-0.4, -0.2) is 22.1 Å². The third-order valence-electron chi connectivity index (χ3n) is 2.61. The van der Waals surface area contributed by atoms with Gasteiger partial charge in [-0.2, -0.15) is 0 Å². The molecule has 6 heteroatoms. The Morgan fingerprint density at radius 1 is 1.53 bits per heavy atom. The molecule has 2 aromatic rings. The maximum Gasteiger partial charge on any atom is 0.233 e. The van der Waals surface area contributed by atoms with Crippen molar-refractivity contribution in [3.63, 3.8) is 0 Å². The van der Waals surface area contributed by atoms with Gasteiger partial charge < -0.3 is 4.42 Å². The summed E-state index contributed by atoms with van der Waals surface area (Å²) in [5.74, 6) is 1.28. The zero-order valence-electron chi connectivity index (χ0n) is 9.98. The number of rotatable bonds is 4. The molecule has 92 valence electrons. The fourth-order valence-electron chi connectivity index (χ4n) is 1.52. The van der Waals surface area contributed by atoms with Gasteiger partial charge in [-0.25, -0.2) is 0 Å². The Kier molecular flexibility index (Phi) is 3.96. The molecule has 0 saturated carbocycles. The molecule has 1 atom stereocenters. The normalized spacial score (nSPS) is 13.2. The van der Waals surface area contributed by atoms with Crippen LogP contribution in [0.15, 0.2) is 19.6 Å². The van der Waals surface area contributed by atoms with Gasteiger partial charge in [-0.15, -0.1) is 21.5 Å². The van der Waals surface area contributed by atoms with E-state index in [1.807, 2.05) is 0 Å². The average molecular weight is 316 g/mol. The predicted octanol–water partition coefficient (Wildman–Crippen LogP) is 3.40. The summed E-state index contributed by atoms with van der Waals surface area (Å²) in [6.07, 6.45) is 0. The maximum atomic E-state index is 5.44. The molecule has 0 N–H and O–H groups in total. The van der Waals surface area contributed by atoms with Crippen molar-refractivity contribution < 1.29 is 4.42 Å². The second kappa shape index (κ2) is 5.29. The van der Waals surface area contributed by atoms with Crippen LogP contribution >= 0.6 is 27.3 Å². The summed E-state index contributed by atoms with van der Waals surface area (Å²) < 4.78 is 6.59. The molecule has 0 aliphatic rings. The maximum absolute atomic E-state index is 5.44. The number of nitrogens with zero attached hydrogens (tertiary/aromatic N) is 3. The second-order valence-corrected chi connectivity index (χ2v) is 6.30. The van der Waals surface area contributed by atoms with Crippen LogP contribution in [0.1, 0.15) is 30.3 Å². The van der Waals surface area contributed by atoms with Crippen LogP contribution in [0.2, 0.25) is 0 Å². The smallest absolute Gasteiger partial charge is 0.233 e. The molecule has 0 bridgehead atoms. The van der Waals surface area contributed by atoms with Gasteiger partial charge in [-0.05, 0) is 46.9 Å². The van der Waals surface area contributed by atoms with Crippen molar-refractivity contribution in [2.75, 3.05) is 7.05 Å². The predicted molar refractivity (Wildman–Crippen MR) is 70.9 cm³/mol. The third kappa shape index (κ3) is 3.14. The first-order chi connectivity index (χ1) is 8.06. The fourth-order valence-corrected chi connectivity index (χ4v) is 2.72. The van der Waals surface area contributed by atoms with E-state index in [-0.39, 0.29) is 6.04 Å². The first kappa shape index (κ1) is 12.7. The third-order valence-corrected chi connectivity index (χ3v) is 4.17. The number of hydrogen-bond acceptors (Lipinski definition) is 5. The first-order valence-corrected chi connectivity index (χ1v) is 6.96. The molecule has 1 unspecified atom stereocenters. The van der Waals surface area contributed by atoms with Crippen LogP contribution in [0.5, 0.6) is 0 Å². The standard InChI is InChI=1S/C11H14BrN3OS/c1-7(11-14-13-8(2)16-11)15(3)5-9-4-10(12)17-6-9/h4,6-7H,5H2,1-3H3. The minimum Gasteiger partial charge on any atom is -0.424 e. The van der Waals surface area contributed by atoms with Crippen molar-refractivity contribution in [1.82, 2.24) is 15.1 Å². The summed E-state index contributed by atoms with van der Waals surface area (Å²) in [6.45, 7) is 4.73. The highest BCUT2D eigenvalue weighted by Gasteiger charge is 2.17. The Balaban J connectivity index is 2.02. The molecule has 2 aromatic heterocycles. The van der Waals surface area contributed by atoms with Crippen molar-refractivity contribution >= 4 is 27.3 Å². The van der Waals surface area contributed by atoms with E-state index in [9.17, 15) is 0 Å². The lowest BCUT2D eigenvalue weighted by molar-refractivity contribution is 0.215. The van der Waals surface area contributed by atoms with Gasteiger partial charge >= 0.3 is 0 Å². The van der Waals surface area contributed by atoms with Crippen molar-refractivity contribution in [3.8, 4) is 0 Å². The molecule has 0 saturated heterocycles. The largest absolute Gasteiger partial charge is 0.424 e. The summed E-state index contributed by atoms with van der Waals surface area (Å²) >= 11 is 5.16. The summed E-state index contributed by atoms with van der Waals surface area (Å²) in [4.78, 5) is 2.18. The minimum absolute atomic E-state index is 0.120. The van der Waals surface area contributed by atoms with Crippen LogP contribution in [0.3, 0.4) is 0 Å². The van der Waals surface area contributed by atoms with E-state index in [0.717, 1.165) is 10.3 Å². The molecule has 2 heterocycles. The van der Waals surface area contributed by atoms with E-state index in [0.29, 0.717) is 11.8 Å². The molecule has 4 nitrogen and oxygen atoms in total. The number of aryl methyl sites for hydroxylation is 1. The van der Waals surface area contributed by atoms with Gasteiger partial charge in [-0.1, -0.05) is 0 Å². The molecule has 0 spiro atoms. The van der Waals surface area contributed by atoms with Crippen molar-refractivity contribution in [2.45, 2.75) is 26.4 Å². The highest BCUT2D eigenvalue weighted by atomic mass is 79.9. The van der Waals surface area contributed by atoms with Gasteiger partial charge in [0.05, 0.1) is 9.83 Å². The van der Waals surface area contributed by atoms with Crippen LogP contribution in [-0.2, 0) is 6.54 Å². The van der Waals surface area contributed by atoms with Gasteiger partial charge in [0.2, 0.25) is 11.8 Å².